The van der Waals surface area contributed by atoms with E-state index in [2.05, 4.69) is 39.6 Å². The molecule has 0 heterocycles. The Morgan fingerprint density at radius 3 is 2.23 bits per heavy atom. The van der Waals surface area contributed by atoms with E-state index in [-0.39, 0.29) is 0 Å². The highest BCUT2D eigenvalue weighted by molar-refractivity contribution is 4.68. The molecular formula is C11H26N2. The largest absolute Gasteiger partial charge is 0.330 e. The van der Waals surface area contributed by atoms with Crippen molar-refractivity contribution < 1.29 is 0 Å². The molecule has 0 bridgehead atoms. The molecule has 0 rings (SSSR count). The van der Waals surface area contributed by atoms with Gasteiger partial charge in [0.05, 0.1) is 0 Å². The van der Waals surface area contributed by atoms with Gasteiger partial charge in [-0.25, -0.2) is 0 Å². The van der Waals surface area contributed by atoms with Gasteiger partial charge in [-0.05, 0) is 45.3 Å². The lowest BCUT2D eigenvalue weighted by atomic mass is 9.92. The van der Waals surface area contributed by atoms with Crippen molar-refractivity contribution in [3.63, 3.8) is 0 Å². The smallest absolute Gasteiger partial charge is 0.00758 e. The van der Waals surface area contributed by atoms with Crippen molar-refractivity contribution in [2.75, 3.05) is 20.1 Å². The van der Waals surface area contributed by atoms with Crippen molar-refractivity contribution in [2.45, 2.75) is 46.6 Å². The van der Waals surface area contributed by atoms with Crippen LogP contribution in [0.25, 0.3) is 0 Å². The molecule has 0 saturated carbocycles. The van der Waals surface area contributed by atoms with E-state index in [1.54, 1.807) is 0 Å². The first-order chi connectivity index (χ1) is 5.87. The molecule has 0 radical (unpaired) electrons. The summed E-state index contributed by atoms with van der Waals surface area (Å²) in [5, 5.41) is 0. The highest BCUT2D eigenvalue weighted by Gasteiger charge is 2.13. The van der Waals surface area contributed by atoms with Gasteiger partial charge in [-0.1, -0.05) is 20.8 Å². The van der Waals surface area contributed by atoms with E-state index in [1.807, 2.05) is 0 Å². The minimum Gasteiger partial charge on any atom is -0.330 e. The van der Waals surface area contributed by atoms with E-state index >= 15 is 0 Å². The van der Waals surface area contributed by atoms with Gasteiger partial charge in [0.2, 0.25) is 0 Å². The monoisotopic (exact) mass is 186 g/mol. The second-order valence-electron chi connectivity index (χ2n) is 5.22. The minimum absolute atomic E-state index is 0.441. The molecule has 0 saturated heterocycles. The lowest BCUT2D eigenvalue weighted by Gasteiger charge is -2.28. The van der Waals surface area contributed by atoms with Crippen molar-refractivity contribution in [3.8, 4) is 0 Å². The second kappa shape index (κ2) is 5.61. The average Bonchev–Trinajstić information content (AvgIpc) is 1.99. The van der Waals surface area contributed by atoms with E-state index in [0.29, 0.717) is 11.5 Å². The summed E-state index contributed by atoms with van der Waals surface area (Å²) in [5.41, 5.74) is 5.96. The lowest BCUT2D eigenvalue weighted by Crippen LogP contribution is -2.33. The summed E-state index contributed by atoms with van der Waals surface area (Å²) >= 11 is 0. The van der Waals surface area contributed by atoms with Gasteiger partial charge in [0.15, 0.2) is 0 Å². The van der Waals surface area contributed by atoms with Crippen LogP contribution in [0.1, 0.15) is 40.5 Å². The van der Waals surface area contributed by atoms with Crippen LogP contribution in [-0.2, 0) is 0 Å². The summed E-state index contributed by atoms with van der Waals surface area (Å²) in [4.78, 5) is 2.40. The van der Waals surface area contributed by atoms with Gasteiger partial charge in [-0.3, -0.25) is 0 Å². The van der Waals surface area contributed by atoms with Crippen molar-refractivity contribution in [2.24, 2.45) is 11.1 Å². The molecule has 0 aliphatic rings. The van der Waals surface area contributed by atoms with Crippen LogP contribution in [0, 0.1) is 5.41 Å². The maximum absolute atomic E-state index is 5.52. The van der Waals surface area contributed by atoms with Crippen molar-refractivity contribution in [1.29, 1.82) is 0 Å². The quantitative estimate of drug-likeness (QED) is 0.712. The Bertz CT molecular complexity index is 127. The fourth-order valence-corrected chi connectivity index (χ4v) is 1.19. The first kappa shape index (κ1) is 12.9. The fourth-order valence-electron chi connectivity index (χ4n) is 1.19. The van der Waals surface area contributed by atoms with Crippen LogP contribution < -0.4 is 5.73 Å². The van der Waals surface area contributed by atoms with Crippen LogP contribution in [0.2, 0.25) is 0 Å². The average molecular weight is 186 g/mol. The number of rotatable bonds is 5. The molecule has 0 fully saturated rings. The number of hydrogen-bond acceptors (Lipinski definition) is 2. The van der Waals surface area contributed by atoms with E-state index < -0.39 is 0 Å². The Morgan fingerprint density at radius 1 is 1.31 bits per heavy atom. The molecule has 2 N–H and O–H groups in total. The number of nitrogens with zero attached hydrogens (tertiary/aromatic N) is 1. The Hall–Kier alpha value is -0.0800. The molecule has 0 aliphatic heterocycles. The van der Waals surface area contributed by atoms with E-state index in [0.717, 1.165) is 13.0 Å². The maximum atomic E-state index is 5.52. The topological polar surface area (TPSA) is 29.3 Å². The Balaban J connectivity index is 3.67. The van der Waals surface area contributed by atoms with Gasteiger partial charge < -0.3 is 10.6 Å². The van der Waals surface area contributed by atoms with Crippen LogP contribution in [0.4, 0.5) is 0 Å². The highest BCUT2D eigenvalue weighted by Crippen LogP contribution is 2.19. The third kappa shape index (κ3) is 7.03. The molecule has 2 nitrogen and oxygen atoms in total. The van der Waals surface area contributed by atoms with E-state index in [9.17, 15) is 0 Å². The SMILES string of the molecule is CC(CCN)N(C)CCC(C)(C)C. The zero-order valence-corrected chi connectivity index (χ0v) is 9.93. The molecular weight excluding hydrogens is 160 g/mol. The van der Waals surface area contributed by atoms with Gasteiger partial charge in [0.25, 0.3) is 0 Å². The molecule has 1 atom stereocenters. The van der Waals surface area contributed by atoms with E-state index in [4.69, 9.17) is 5.73 Å². The zero-order valence-electron chi connectivity index (χ0n) is 9.93. The van der Waals surface area contributed by atoms with Gasteiger partial charge >= 0.3 is 0 Å². The van der Waals surface area contributed by atoms with Crippen LogP contribution in [-0.4, -0.2) is 31.1 Å². The molecule has 0 amide bonds. The molecule has 0 aliphatic carbocycles. The summed E-state index contributed by atoms with van der Waals surface area (Å²) in [6, 6.07) is 0.618. The highest BCUT2D eigenvalue weighted by atomic mass is 15.1. The molecule has 2 heteroatoms. The fraction of sp³-hybridized carbons (Fsp3) is 1.00. The molecule has 0 spiro atoms. The summed E-state index contributed by atoms with van der Waals surface area (Å²) in [5.74, 6) is 0. The van der Waals surface area contributed by atoms with Crippen molar-refractivity contribution >= 4 is 0 Å². The predicted octanol–water partition coefficient (Wildman–Crippen LogP) is 2.09. The second-order valence-corrected chi connectivity index (χ2v) is 5.22. The third-order valence-corrected chi connectivity index (χ3v) is 2.55. The first-order valence-electron chi connectivity index (χ1n) is 5.27. The Labute approximate surface area is 83.5 Å². The van der Waals surface area contributed by atoms with Crippen LogP contribution >= 0.6 is 0 Å². The molecule has 80 valence electrons. The van der Waals surface area contributed by atoms with Gasteiger partial charge in [-0.15, -0.1) is 0 Å². The van der Waals surface area contributed by atoms with Gasteiger partial charge in [0.1, 0.15) is 0 Å². The Kier molecular flexibility index (Phi) is 5.57. The minimum atomic E-state index is 0.441. The molecule has 0 aromatic carbocycles. The summed E-state index contributed by atoms with van der Waals surface area (Å²) in [7, 11) is 2.19. The summed E-state index contributed by atoms with van der Waals surface area (Å²) < 4.78 is 0. The van der Waals surface area contributed by atoms with Crippen LogP contribution in [0.15, 0.2) is 0 Å². The molecule has 1 unspecified atom stereocenters. The lowest BCUT2D eigenvalue weighted by molar-refractivity contribution is 0.210. The predicted molar refractivity (Wildman–Crippen MR) is 59.8 cm³/mol. The summed E-state index contributed by atoms with van der Waals surface area (Å²) in [6.45, 7) is 11.1. The number of nitrogens with two attached hydrogens (primary N) is 1. The zero-order chi connectivity index (χ0) is 10.5. The molecule has 0 aromatic rings. The first-order valence-corrected chi connectivity index (χ1v) is 5.27. The number of hydrogen-bond donors (Lipinski definition) is 1. The standard InChI is InChI=1S/C11H26N2/c1-10(6-8-12)13(5)9-7-11(2,3)4/h10H,6-9,12H2,1-5H3. The van der Waals surface area contributed by atoms with Gasteiger partial charge in [-0.2, -0.15) is 0 Å². The summed E-state index contributed by atoms with van der Waals surface area (Å²) in [6.07, 6.45) is 2.35. The Morgan fingerprint density at radius 2 is 1.85 bits per heavy atom. The normalized spacial score (nSPS) is 15.0. The van der Waals surface area contributed by atoms with Crippen LogP contribution in [0.5, 0.6) is 0 Å². The van der Waals surface area contributed by atoms with E-state index in [1.165, 1.54) is 13.0 Å². The van der Waals surface area contributed by atoms with Crippen molar-refractivity contribution in [3.05, 3.63) is 0 Å². The van der Waals surface area contributed by atoms with Crippen LogP contribution in [0.3, 0.4) is 0 Å². The van der Waals surface area contributed by atoms with Gasteiger partial charge in [0, 0.05) is 6.04 Å². The third-order valence-electron chi connectivity index (χ3n) is 2.55. The van der Waals surface area contributed by atoms with Crippen molar-refractivity contribution in [1.82, 2.24) is 4.90 Å². The molecule has 0 aromatic heterocycles. The maximum Gasteiger partial charge on any atom is 0.00758 e. The molecule has 13 heavy (non-hydrogen) atoms.